The van der Waals surface area contributed by atoms with Gasteiger partial charge in [0, 0.05) is 23.0 Å². The van der Waals surface area contributed by atoms with E-state index in [4.69, 9.17) is 16.3 Å². The summed E-state index contributed by atoms with van der Waals surface area (Å²) in [6.07, 6.45) is 3.74. The van der Waals surface area contributed by atoms with E-state index in [1.165, 1.54) is 18.4 Å². The van der Waals surface area contributed by atoms with Crippen LogP contribution in [0.3, 0.4) is 0 Å². The van der Waals surface area contributed by atoms with Crippen LogP contribution >= 0.6 is 11.6 Å². The summed E-state index contributed by atoms with van der Waals surface area (Å²) < 4.78 is 6.13. The molecule has 3 heteroatoms. The highest BCUT2D eigenvalue weighted by atomic mass is 35.5. The molecule has 100 valence electrons. The van der Waals surface area contributed by atoms with Crippen LogP contribution in [0.25, 0.3) is 0 Å². The molecule has 1 aromatic rings. The Morgan fingerprint density at radius 1 is 1.50 bits per heavy atom. The lowest BCUT2D eigenvalue weighted by Gasteiger charge is -2.35. The second kappa shape index (κ2) is 5.94. The van der Waals surface area contributed by atoms with Crippen molar-refractivity contribution in [3.63, 3.8) is 0 Å². The van der Waals surface area contributed by atoms with E-state index in [9.17, 15) is 0 Å². The van der Waals surface area contributed by atoms with Crippen molar-refractivity contribution in [1.82, 2.24) is 5.32 Å². The second-order valence-electron chi connectivity index (χ2n) is 5.18. The molecule has 1 heterocycles. The smallest absolute Gasteiger partial charge is 0.124 e. The topological polar surface area (TPSA) is 21.3 Å². The molecular formula is C15H22ClNO. The van der Waals surface area contributed by atoms with E-state index < -0.39 is 0 Å². The lowest BCUT2D eigenvalue weighted by molar-refractivity contribution is 0.0969. The van der Waals surface area contributed by atoms with Crippen LogP contribution in [-0.4, -0.2) is 13.2 Å². The minimum atomic E-state index is 0.302. The van der Waals surface area contributed by atoms with E-state index in [-0.39, 0.29) is 0 Å². The number of fused-ring (bicyclic) bond motifs is 1. The molecule has 18 heavy (non-hydrogen) atoms. The molecule has 1 N–H and O–H groups in total. The third-order valence-electron chi connectivity index (χ3n) is 3.82. The van der Waals surface area contributed by atoms with Gasteiger partial charge in [0.2, 0.25) is 0 Å². The average Bonchev–Trinajstić information content (AvgIpc) is 2.37. The van der Waals surface area contributed by atoms with Crippen LogP contribution < -0.4 is 10.1 Å². The molecule has 2 nitrogen and oxygen atoms in total. The first-order valence-corrected chi connectivity index (χ1v) is 7.16. The molecule has 0 bridgehead atoms. The van der Waals surface area contributed by atoms with Gasteiger partial charge in [0.25, 0.3) is 0 Å². The maximum absolute atomic E-state index is 6.13. The van der Waals surface area contributed by atoms with Crippen molar-refractivity contribution < 1.29 is 4.74 Å². The van der Waals surface area contributed by atoms with E-state index in [2.05, 4.69) is 19.2 Å². The van der Waals surface area contributed by atoms with Gasteiger partial charge in [-0.1, -0.05) is 31.9 Å². The first-order valence-electron chi connectivity index (χ1n) is 6.79. The van der Waals surface area contributed by atoms with Gasteiger partial charge in [-0.2, -0.15) is 0 Å². The average molecular weight is 268 g/mol. The number of hydrogen-bond donors (Lipinski definition) is 1. The fourth-order valence-corrected chi connectivity index (χ4v) is 2.91. The Bertz CT molecular complexity index is 407. The monoisotopic (exact) mass is 267 g/mol. The predicted molar refractivity (Wildman–Crippen MR) is 76.4 cm³/mol. The van der Waals surface area contributed by atoms with Crippen LogP contribution in [-0.2, 0) is 0 Å². The highest BCUT2D eigenvalue weighted by Crippen LogP contribution is 2.38. The van der Waals surface area contributed by atoms with Gasteiger partial charge < -0.3 is 10.1 Å². The molecule has 1 aliphatic heterocycles. The Morgan fingerprint density at radius 3 is 2.94 bits per heavy atom. The Labute approximate surface area is 115 Å². The van der Waals surface area contributed by atoms with Crippen molar-refractivity contribution in [1.29, 1.82) is 0 Å². The van der Waals surface area contributed by atoms with Crippen LogP contribution in [0.15, 0.2) is 18.2 Å². The summed E-state index contributed by atoms with van der Waals surface area (Å²) in [5.41, 5.74) is 1.19. The highest BCUT2D eigenvalue weighted by molar-refractivity contribution is 6.30. The molecule has 3 atom stereocenters. The van der Waals surface area contributed by atoms with E-state index in [1.54, 1.807) is 0 Å². The summed E-state index contributed by atoms with van der Waals surface area (Å²) in [6, 6.07) is 6.25. The standard InChI is InChI=1S/C15H22ClNO/c1-4-5-10(2)15-9-13(17-3)12-8-11(16)6-7-14(12)18-15/h6-8,10,13,15,17H,4-5,9H2,1-3H3. The van der Waals surface area contributed by atoms with Crippen LogP contribution in [0.5, 0.6) is 5.75 Å². The number of hydrogen-bond acceptors (Lipinski definition) is 2. The van der Waals surface area contributed by atoms with Crippen molar-refractivity contribution in [2.75, 3.05) is 7.05 Å². The first-order chi connectivity index (χ1) is 8.65. The Hall–Kier alpha value is -0.730. The zero-order valence-corrected chi connectivity index (χ0v) is 12.1. The molecule has 0 saturated heterocycles. The fourth-order valence-electron chi connectivity index (χ4n) is 2.73. The van der Waals surface area contributed by atoms with E-state index in [0.29, 0.717) is 18.1 Å². The molecule has 2 rings (SSSR count). The number of halogens is 1. The first kappa shape index (κ1) is 13.7. The molecule has 0 radical (unpaired) electrons. The summed E-state index contributed by atoms with van der Waals surface area (Å²) in [5, 5.41) is 4.15. The molecular weight excluding hydrogens is 246 g/mol. The summed E-state index contributed by atoms with van der Waals surface area (Å²) in [4.78, 5) is 0. The van der Waals surface area contributed by atoms with Crippen molar-refractivity contribution in [2.24, 2.45) is 5.92 Å². The summed E-state index contributed by atoms with van der Waals surface area (Å²) in [5.74, 6) is 1.58. The predicted octanol–water partition coefficient (Wildman–Crippen LogP) is 4.19. The number of ether oxygens (including phenoxy) is 1. The Balaban J connectivity index is 2.22. The highest BCUT2D eigenvalue weighted by Gasteiger charge is 2.30. The van der Waals surface area contributed by atoms with Gasteiger partial charge in [-0.25, -0.2) is 0 Å². The van der Waals surface area contributed by atoms with Gasteiger partial charge in [0.15, 0.2) is 0 Å². The lowest BCUT2D eigenvalue weighted by Crippen LogP contribution is -2.35. The number of benzene rings is 1. The van der Waals surface area contributed by atoms with Crippen molar-refractivity contribution in [3.8, 4) is 5.75 Å². The molecule has 0 spiro atoms. The van der Waals surface area contributed by atoms with Crippen LogP contribution in [0, 0.1) is 5.92 Å². The summed E-state index contributed by atoms with van der Waals surface area (Å²) in [6.45, 7) is 4.50. The lowest BCUT2D eigenvalue weighted by atomic mass is 9.88. The van der Waals surface area contributed by atoms with Crippen LogP contribution in [0.1, 0.15) is 44.7 Å². The SMILES string of the molecule is CCCC(C)C1CC(NC)c2cc(Cl)ccc2O1. The van der Waals surface area contributed by atoms with E-state index >= 15 is 0 Å². The minimum absolute atomic E-state index is 0.302. The molecule has 0 aliphatic carbocycles. The van der Waals surface area contributed by atoms with Gasteiger partial charge in [-0.3, -0.25) is 0 Å². The summed E-state index contributed by atoms with van der Waals surface area (Å²) in [7, 11) is 2.00. The fraction of sp³-hybridized carbons (Fsp3) is 0.600. The van der Waals surface area contributed by atoms with Gasteiger partial charge in [0.1, 0.15) is 11.9 Å². The van der Waals surface area contributed by atoms with Crippen LogP contribution in [0.4, 0.5) is 0 Å². The van der Waals surface area contributed by atoms with Crippen molar-refractivity contribution in [2.45, 2.75) is 45.3 Å². The molecule has 0 fully saturated rings. The molecule has 0 saturated carbocycles. The van der Waals surface area contributed by atoms with Crippen LogP contribution in [0.2, 0.25) is 5.02 Å². The molecule has 0 aromatic heterocycles. The largest absolute Gasteiger partial charge is 0.490 e. The van der Waals surface area contributed by atoms with Crippen molar-refractivity contribution >= 4 is 11.6 Å². The third-order valence-corrected chi connectivity index (χ3v) is 4.06. The molecule has 1 aromatic carbocycles. The van der Waals surface area contributed by atoms with Gasteiger partial charge >= 0.3 is 0 Å². The van der Waals surface area contributed by atoms with Gasteiger partial charge in [-0.15, -0.1) is 0 Å². The van der Waals surface area contributed by atoms with Crippen molar-refractivity contribution in [3.05, 3.63) is 28.8 Å². The van der Waals surface area contributed by atoms with Gasteiger partial charge in [-0.05, 0) is 37.6 Å². The zero-order chi connectivity index (χ0) is 13.1. The second-order valence-corrected chi connectivity index (χ2v) is 5.62. The Kier molecular flexibility index (Phi) is 4.52. The van der Waals surface area contributed by atoms with E-state index in [1.807, 2.05) is 25.2 Å². The van der Waals surface area contributed by atoms with E-state index in [0.717, 1.165) is 17.2 Å². The molecule has 3 unspecified atom stereocenters. The number of rotatable bonds is 4. The third kappa shape index (κ3) is 2.81. The quantitative estimate of drug-likeness (QED) is 0.883. The number of nitrogens with one attached hydrogen (secondary N) is 1. The van der Waals surface area contributed by atoms with Gasteiger partial charge in [0.05, 0.1) is 0 Å². The maximum atomic E-state index is 6.13. The molecule has 0 amide bonds. The maximum Gasteiger partial charge on any atom is 0.124 e. The summed E-state index contributed by atoms with van der Waals surface area (Å²) >= 11 is 6.06. The normalized spacial score (nSPS) is 24.2. The minimum Gasteiger partial charge on any atom is -0.490 e. The molecule has 1 aliphatic rings. The Morgan fingerprint density at radius 2 is 2.28 bits per heavy atom. The zero-order valence-electron chi connectivity index (χ0n) is 11.4.